The molecule has 0 fully saturated rings. The van der Waals surface area contributed by atoms with E-state index < -0.39 is 7.26 Å². The summed E-state index contributed by atoms with van der Waals surface area (Å²) in [4.78, 5) is 11.6. The third-order valence-corrected chi connectivity index (χ3v) is 8.18. The maximum Gasteiger partial charge on any atom is 0.158 e. The van der Waals surface area contributed by atoms with Crippen LogP contribution < -0.4 is 39.9 Å². The fraction of sp³-hybridized carbons (Fsp3) is 0.0500. The minimum atomic E-state index is -1.92. The topological polar surface area (TPSA) is 17.1 Å². The van der Waals surface area contributed by atoms with Crippen molar-refractivity contribution < 1.29 is 28.8 Å². The smallest absolute Gasteiger partial charge is 0.158 e. The van der Waals surface area contributed by atoms with Gasteiger partial charge in [0.2, 0.25) is 0 Å². The fourth-order valence-corrected chi connectivity index (χ4v) is 6.72. The second-order valence-electron chi connectivity index (χ2n) is 5.17. The molecule has 3 aromatic rings. The normalized spacial score (nSPS) is 10.6. The van der Waals surface area contributed by atoms with E-state index in [2.05, 4.69) is 72.8 Å². The van der Waals surface area contributed by atoms with Crippen molar-refractivity contribution in [1.29, 1.82) is 0 Å². The fourth-order valence-electron chi connectivity index (χ4n) is 2.92. The first-order valence-corrected chi connectivity index (χ1v) is 9.34. The Hall–Kier alpha value is -1.51. The number of aldehydes is 1. The second kappa shape index (κ2) is 8.37. The molecule has 0 saturated heterocycles. The number of hydrogen-bond donors (Lipinski definition) is 0. The van der Waals surface area contributed by atoms with Gasteiger partial charge in [0.1, 0.15) is 29.3 Å². The highest BCUT2D eigenvalue weighted by atomic mass is 127. The van der Waals surface area contributed by atoms with Crippen LogP contribution in [0.3, 0.4) is 0 Å². The molecule has 0 amide bonds. The first-order valence-electron chi connectivity index (χ1n) is 7.36. The van der Waals surface area contributed by atoms with Crippen LogP contribution in [0.5, 0.6) is 0 Å². The molecule has 3 aromatic carbocycles. The Kier molecular flexibility index (Phi) is 6.49. The minimum Gasteiger partial charge on any atom is -1.00 e. The van der Waals surface area contributed by atoms with Crippen LogP contribution in [0.2, 0.25) is 0 Å². The minimum absolute atomic E-state index is 0. The van der Waals surface area contributed by atoms with Crippen LogP contribution in [0.1, 0.15) is 0 Å². The lowest BCUT2D eigenvalue weighted by Gasteiger charge is -2.25. The number of rotatable bonds is 5. The summed E-state index contributed by atoms with van der Waals surface area (Å²) in [6, 6.07) is 31.3. The molecule has 0 aromatic heterocycles. The molecular formula is C20H18IOP. The van der Waals surface area contributed by atoms with E-state index in [0.29, 0.717) is 6.16 Å². The number of carbonyl (C=O) groups excluding carboxylic acids is 1. The highest BCUT2D eigenvalue weighted by molar-refractivity contribution is 7.96. The second-order valence-corrected chi connectivity index (χ2v) is 8.70. The van der Waals surface area contributed by atoms with E-state index in [1.807, 2.05) is 18.2 Å². The van der Waals surface area contributed by atoms with E-state index in [0.717, 1.165) is 6.29 Å². The van der Waals surface area contributed by atoms with Crippen molar-refractivity contribution in [2.45, 2.75) is 0 Å². The largest absolute Gasteiger partial charge is 1.00 e. The molecule has 0 saturated carbocycles. The SMILES string of the molecule is O=CC[P+](c1ccccc1)(c1ccccc1)c1ccccc1.[I-]. The van der Waals surface area contributed by atoms with Crippen molar-refractivity contribution in [3.05, 3.63) is 91.0 Å². The van der Waals surface area contributed by atoms with Gasteiger partial charge in [-0.05, 0) is 36.4 Å². The van der Waals surface area contributed by atoms with Crippen LogP contribution in [-0.4, -0.2) is 12.4 Å². The Balaban J connectivity index is 0.00000192. The average molecular weight is 432 g/mol. The monoisotopic (exact) mass is 432 g/mol. The molecule has 116 valence electrons. The summed E-state index contributed by atoms with van der Waals surface area (Å²) < 4.78 is 0. The summed E-state index contributed by atoms with van der Waals surface area (Å²) in [7, 11) is -1.92. The average Bonchev–Trinajstić information content (AvgIpc) is 2.62. The van der Waals surface area contributed by atoms with Crippen LogP contribution in [0.25, 0.3) is 0 Å². The lowest BCUT2D eigenvalue weighted by molar-refractivity contribution is -0.105. The zero-order chi connectivity index (χ0) is 15.3. The highest BCUT2D eigenvalue weighted by Gasteiger charge is 2.44. The summed E-state index contributed by atoms with van der Waals surface area (Å²) in [5.74, 6) is 0. The molecule has 0 N–H and O–H groups in total. The van der Waals surface area contributed by atoms with E-state index in [9.17, 15) is 4.79 Å². The van der Waals surface area contributed by atoms with Gasteiger partial charge in [0, 0.05) is 0 Å². The molecule has 0 radical (unpaired) electrons. The molecule has 0 aliphatic heterocycles. The van der Waals surface area contributed by atoms with Gasteiger partial charge < -0.3 is 24.0 Å². The third-order valence-electron chi connectivity index (χ3n) is 3.94. The van der Waals surface area contributed by atoms with Gasteiger partial charge in [0.05, 0.1) is 0 Å². The summed E-state index contributed by atoms with van der Waals surface area (Å²) >= 11 is 0. The van der Waals surface area contributed by atoms with Crippen LogP contribution in [0.4, 0.5) is 0 Å². The molecule has 0 heterocycles. The summed E-state index contributed by atoms with van der Waals surface area (Å²) in [6.07, 6.45) is 1.60. The summed E-state index contributed by atoms with van der Waals surface area (Å²) in [5, 5.41) is 3.75. The Morgan fingerprint density at radius 3 is 1.17 bits per heavy atom. The predicted molar refractivity (Wildman–Crippen MR) is 96.1 cm³/mol. The summed E-state index contributed by atoms with van der Waals surface area (Å²) in [6.45, 7) is 0. The first-order chi connectivity index (χ1) is 10.9. The Morgan fingerprint density at radius 1 is 0.609 bits per heavy atom. The van der Waals surface area contributed by atoms with E-state index in [4.69, 9.17) is 0 Å². The van der Waals surface area contributed by atoms with Crippen LogP contribution in [0.15, 0.2) is 91.0 Å². The molecule has 3 rings (SSSR count). The zero-order valence-electron chi connectivity index (χ0n) is 12.7. The van der Waals surface area contributed by atoms with E-state index in [1.54, 1.807) is 0 Å². The molecule has 0 spiro atoms. The molecular weight excluding hydrogens is 414 g/mol. The predicted octanol–water partition coefficient (Wildman–Crippen LogP) is 0.183. The van der Waals surface area contributed by atoms with Gasteiger partial charge in [0.15, 0.2) is 6.29 Å². The lowest BCUT2D eigenvalue weighted by atomic mass is 10.4. The lowest BCUT2D eigenvalue weighted by Crippen LogP contribution is -3.00. The molecule has 23 heavy (non-hydrogen) atoms. The van der Waals surface area contributed by atoms with E-state index in [-0.39, 0.29) is 24.0 Å². The van der Waals surface area contributed by atoms with Crippen molar-refractivity contribution in [2.24, 2.45) is 0 Å². The standard InChI is InChI=1S/C20H18OP.HI/c21-16-17-22(18-10-4-1-5-11-18,19-12-6-2-7-13-19)20-14-8-3-9-15-20;/h1-16H,17H2;1H/q+1;/p-1. The van der Waals surface area contributed by atoms with Crippen LogP contribution in [0, 0.1) is 0 Å². The van der Waals surface area contributed by atoms with Crippen LogP contribution in [-0.2, 0) is 4.79 Å². The third kappa shape index (κ3) is 3.54. The Labute approximate surface area is 155 Å². The van der Waals surface area contributed by atoms with Gasteiger partial charge in [-0.3, -0.25) is 4.79 Å². The first kappa shape index (κ1) is 17.8. The molecule has 0 atom stereocenters. The zero-order valence-corrected chi connectivity index (χ0v) is 15.7. The number of benzene rings is 3. The van der Waals surface area contributed by atoms with Gasteiger partial charge >= 0.3 is 0 Å². The maximum absolute atomic E-state index is 11.6. The Bertz CT molecular complexity index is 633. The van der Waals surface area contributed by atoms with Crippen molar-refractivity contribution >= 4 is 29.5 Å². The molecule has 0 bridgehead atoms. The van der Waals surface area contributed by atoms with Crippen molar-refractivity contribution in [2.75, 3.05) is 6.16 Å². The maximum atomic E-state index is 11.6. The molecule has 0 unspecified atom stereocenters. The van der Waals surface area contributed by atoms with Gasteiger partial charge in [-0.1, -0.05) is 54.6 Å². The van der Waals surface area contributed by atoms with Gasteiger partial charge in [-0.2, -0.15) is 0 Å². The van der Waals surface area contributed by atoms with Crippen molar-refractivity contribution in [1.82, 2.24) is 0 Å². The van der Waals surface area contributed by atoms with Gasteiger partial charge in [-0.15, -0.1) is 0 Å². The molecule has 0 aliphatic carbocycles. The molecule has 1 nitrogen and oxygen atoms in total. The summed E-state index contributed by atoms with van der Waals surface area (Å²) in [5.41, 5.74) is 0. The van der Waals surface area contributed by atoms with Gasteiger partial charge in [-0.25, -0.2) is 0 Å². The van der Waals surface area contributed by atoms with E-state index in [1.165, 1.54) is 15.9 Å². The van der Waals surface area contributed by atoms with Crippen molar-refractivity contribution in [3.63, 3.8) is 0 Å². The molecule has 3 heteroatoms. The van der Waals surface area contributed by atoms with E-state index >= 15 is 0 Å². The quantitative estimate of drug-likeness (QED) is 0.320. The van der Waals surface area contributed by atoms with Crippen molar-refractivity contribution in [3.8, 4) is 0 Å². The number of carbonyl (C=O) groups is 1. The van der Waals surface area contributed by atoms with Gasteiger partial charge in [0.25, 0.3) is 0 Å². The van der Waals surface area contributed by atoms with Crippen LogP contribution >= 0.6 is 7.26 Å². The Morgan fingerprint density at radius 2 is 0.913 bits per heavy atom. The molecule has 0 aliphatic rings. The number of hydrogen-bond acceptors (Lipinski definition) is 1. The number of halogens is 1. The highest BCUT2D eigenvalue weighted by Crippen LogP contribution is 2.54.